The number of ketones is 1. The molecule has 1 heterocycles. The lowest BCUT2D eigenvalue weighted by molar-refractivity contribution is -0.115. The van der Waals surface area contributed by atoms with Gasteiger partial charge < -0.3 is 5.32 Å². The lowest BCUT2D eigenvalue weighted by Gasteiger charge is -2.06. The zero-order valence-electron chi connectivity index (χ0n) is 7.87. The quantitative estimate of drug-likeness (QED) is 0.861. The van der Waals surface area contributed by atoms with E-state index in [1.165, 1.54) is 17.8 Å². The molecule has 0 aromatic carbocycles. The molecule has 1 aromatic heterocycles. The molecule has 0 bridgehead atoms. The Labute approximate surface area is 89.2 Å². The zero-order chi connectivity index (χ0) is 10.7. The van der Waals surface area contributed by atoms with Crippen LogP contribution in [0.5, 0.6) is 0 Å². The molecule has 1 rings (SSSR count). The fourth-order valence-electron chi connectivity index (χ4n) is 0.854. The van der Waals surface area contributed by atoms with Crippen molar-refractivity contribution in [3.63, 3.8) is 0 Å². The molecule has 0 aliphatic rings. The Morgan fingerprint density at radius 1 is 1.71 bits per heavy atom. The van der Waals surface area contributed by atoms with Crippen LogP contribution in [0.15, 0.2) is 15.5 Å². The molecular weight excluding hydrogens is 250 g/mol. The summed E-state index contributed by atoms with van der Waals surface area (Å²) < 4.78 is 1.60. The van der Waals surface area contributed by atoms with Crippen LogP contribution in [0.25, 0.3) is 0 Å². The Morgan fingerprint density at radius 3 is 2.93 bits per heavy atom. The molecule has 0 atom stereocenters. The maximum absolute atomic E-state index is 11.4. The van der Waals surface area contributed by atoms with Gasteiger partial charge in [-0.1, -0.05) is 0 Å². The van der Waals surface area contributed by atoms with E-state index in [-0.39, 0.29) is 17.9 Å². The second kappa shape index (κ2) is 4.36. The van der Waals surface area contributed by atoms with E-state index in [0.29, 0.717) is 10.2 Å². The van der Waals surface area contributed by atoms with Gasteiger partial charge in [0.2, 0.25) is 0 Å². The molecule has 0 spiro atoms. The first kappa shape index (κ1) is 10.9. The van der Waals surface area contributed by atoms with Crippen LogP contribution in [-0.2, 0) is 11.8 Å². The maximum Gasteiger partial charge on any atom is 0.282 e. The highest BCUT2D eigenvalue weighted by Crippen LogP contribution is 2.15. The average Bonchev–Trinajstić information content (AvgIpc) is 2.13. The van der Waals surface area contributed by atoms with Gasteiger partial charge in [-0.3, -0.25) is 9.59 Å². The Kier molecular flexibility index (Phi) is 3.40. The summed E-state index contributed by atoms with van der Waals surface area (Å²) in [4.78, 5) is 22.1. The van der Waals surface area contributed by atoms with Crippen LogP contribution >= 0.6 is 15.9 Å². The largest absolute Gasteiger partial charge is 0.376 e. The van der Waals surface area contributed by atoms with E-state index in [4.69, 9.17) is 0 Å². The molecular formula is C8H10BrN3O2. The summed E-state index contributed by atoms with van der Waals surface area (Å²) in [7, 11) is 1.56. The first-order chi connectivity index (χ1) is 6.52. The van der Waals surface area contributed by atoms with Gasteiger partial charge in [-0.05, 0) is 22.9 Å². The number of aromatic nitrogens is 2. The molecule has 0 saturated heterocycles. The SMILES string of the molecule is CC(=O)CNc1cnn(C)c(=O)c1Br. The molecule has 1 aromatic rings. The fourth-order valence-corrected chi connectivity index (χ4v) is 1.35. The number of halogens is 1. The third-order valence-electron chi connectivity index (χ3n) is 1.61. The average molecular weight is 260 g/mol. The van der Waals surface area contributed by atoms with Crippen molar-refractivity contribution >= 4 is 27.4 Å². The van der Waals surface area contributed by atoms with Gasteiger partial charge in [-0.2, -0.15) is 5.10 Å². The van der Waals surface area contributed by atoms with Crippen molar-refractivity contribution in [2.45, 2.75) is 6.92 Å². The van der Waals surface area contributed by atoms with Gasteiger partial charge in [0.05, 0.1) is 18.4 Å². The Balaban J connectivity index is 2.94. The molecule has 1 N–H and O–H groups in total. The molecule has 0 amide bonds. The van der Waals surface area contributed by atoms with Crippen LogP contribution in [0, 0.1) is 0 Å². The molecule has 0 unspecified atom stereocenters. The summed E-state index contributed by atoms with van der Waals surface area (Å²) in [5.41, 5.74) is 0.293. The minimum absolute atomic E-state index is 0.00224. The van der Waals surface area contributed by atoms with Crippen molar-refractivity contribution in [1.29, 1.82) is 0 Å². The normalized spacial score (nSPS) is 9.93. The standard InChI is InChI=1S/C8H10BrN3O2/c1-5(13)3-10-6-4-11-12(2)8(14)7(6)9/h4,10H,3H2,1-2H3. The van der Waals surface area contributed by atoms with Crippen LogP contribution in [0.1, 0.15) is 6.92 Å². The van der Waals surface area contributed by atoms with E-state index in [1.54, 1.807) is 7.05 Å². The maximum atomic E-state index is 11.4. The van der Waals surface area contributed by atoms with Crippen LogP contribution in [0.3, 0.4) is 0 Å². The van der Waals surface area contributed by atoms with Crippen LogP contribution in [0.2, 0.25) is 0 Å². The minimum Gasteiger partial charge on any atom is -0.376 e. The summed E-state index contributed by atoms with van der Waals surface area (Å²) in [5, 5.41) is 6.63. The second-order valence-electron chi connectivity index (χ2n) is 2.86. The van der Waals surface area contributed by atoms with Crippen molar-refractivity contribution in [3.8, 4) is 0 Å². The van der Waals surface area contributed by atoms with Gasteiger partial charge in [0.15, 0.2) is 0 Å². The summed E-state index contributed by atoms with van der Waals surface area (Å²) in [6, 6.07) is 0. The van der Waals surface area contributed by atoms with Crippen molar-refractivity contribution in [2.24, 2.45) is 7.05 Å². The third-order valence-corrected chi connectivity index (χ3v) is 2.37. The van der Waals surface area contributed by atoms with E-state index < -0.39 is 0 Å². The summed E-state index contributed by atoms with van der Waals surface area (Å²) in [5.74, 6) is -0.00224. The van der Waals surface area contributed by atoms with E-state index in [2.05, 4.69) is 26.3 Å². The number of rotatable bonds is 3. The van der Waals surface area contributed by atoms with Crippen LogP contribution < -0.4 is 10.9 Å². The lowest BCUT2D eigenvalue weighted by Crippen LogP contribution is -2.22. The van der Waals surface area contributed by atoms with E-state index >= 15 is 0 Å². The van der Waals surface area contributed by atoms with E-state index in [9.17, 15) is 9.59 Å². The molecule has 0 radical (unpaired) electrons. The van der Waals surface area contributed by atoms with Gasteiger partial charge in [0.25, 0.3) is 5.56 Å². The van der Waals surface area contributed by atoms with E-state index in [0.717, 1.165) is 0 Å². The van der Waals surface area contributed by atoms with Gasteiger partial charge >= 0.3 is 0 Å². The van der Waals surface area contributed by atoms with Gasteiger partial charge in [0.1, 0.15) is 10.3 Å². The van der Waals surface area contributed by atoms with Gasteiger partial charge in [-0.15, -0.1) is 0 Å². The first-order valence-electron chi connectivity index (χ1n) is 3.97. The van der Waals surface area contributed by atoms with Crippen molar-refractivity contribution in [3.05, 3.63) is 21.0 Å². The second-order valence-corrected chi connectivity index (χ2v) is 3.65. The number of nitrogens with zero attached hydrogens (tertiary/aromatic N) is 2. The fraction of sp³-hybridized carbons (Fsp3) is 0.375. The van der Waals surface area contributed by atoms with E-state index in [1.807, 2.05) is 0 Å². The Hall–Kier alpha value is -1.17. The van der Waals surface area contributed by atoms with Crippen LogP contribution in [-0.4, -0.2) is 22.1 Å². The molecule has 0 aliphatic carbocycles. The van der Waals surface area contributed by atoms with Crippen LogP contribution in [0.4, 0.5) is 5.69 Å². The number of hydrogen-bond acceptors (Lipinski definition) is 4. The summed E-state index contributed by atoms with van der Waals surface area (Å²) in [6.07, 6.45) is 1.49. The molecule has 0 fully saturated rings. The Morgan fingerprint density at radius 2 is 2.36 bits per heavy atom. The molecule has 14 heavy (non-hydrogen) atoms. The molecule has 5 nitrogen and oxygen atoms in total. The zero-order valence-corrected chi connectivity index (χ0v) is 9.46. The predicted octanol–water partition coefficient (Wildman–Crippen LogP) is 0.544. The Bertz CT molecular complexity index is 414. The summed E-state index contributed by atoms with van der Waals surface area (Å²) >= 11 is 3.13. The lowest BCUT2D eigenvalue weighted by atomic mass is 10.4. The molecule has 0 aliphatic heterocycles. The number of hydrogen-bond donors (Lipinski definition) is 1. The molecule has 0 saturated carbocycles. The van der Waals surface area contributed by atoms with Crippen molar-refractivity contribution in [2.75, 3.05) is 11.9 Å². The number of anilines is 1. The molecule has 6 heteroatoms. The minimum atomic E-state index is -0.237. The third kappa shape index (κ3) is 2.41. The number of carbonyl (C=O) groups excluding carboxylic acids is 1. The highest BCUT2D eigenvalue weighted by Gasteiger charge is 2.06. The smallest absolute Gasteiger partial charge is 0.282 e. The summed E-state index contributed by atoms with van der Waals surface area (Å²) in [6.45, 7) is 1.66. The number of Topliss-reactive ketones (excluding diaryl/α,β-unsaturated/α-hetero) is 1. The van der Waals surface area contributed by atoms with Gasteiger partial charge in [0, 0.05) is 7.05 Å². The predicted molar refractivity (Wildman–Crippen MR) is 56.3 cm³/mol. The number of carbonyl (C=O) groups is 1. The first-order valence-corrected chi connectivity index (χ1v) is 4.77. The topological polar surface area (TPSA) is 64.0 Å². The molecule has 76 valence electrons. The van der Waals surface area contributed by atoms with Gasteiger partial charge in [-0.25, -0.2) is 4.68 Å². The highest BCUT2D eigenvalue weighted by molar-refractivity contribution is 9.10. The van der Waals surface area contributed by atoms with Crippen molar-refractivity contribution in [1.82, 2.24) is 9.78 Å². The van der Waals surface area contributed by atoms with Crippen molar-refractivity contribution < 1.29 is 4.79 Å². The number of aryl methyl sites for hydroxylation is 1. The number of nitrogens with one attached hydrogen (secondary N) is 1. The monoisotopic (exact) mass is 259 g/mol. The highest BCUT2D eigenvalue weighted by atomic mass is 79.9.